The Bertz CT molecular complexity index is 870. The maximum Gasteiger partial charge on any atom is 0.354 e. The van der Waals surface area contributed by atoms with Crippen LogP contribution in [-0.2, 0) is 19.1 Å². The van der Waals surface area contributed by atoms with Gasteiger partial charge >= 0.3 is 5.97 Å². The second-order valence-corrected chi connectivity index (χ2v) is 9.12. The summed E-state index contributed by atoms with van der Waals surface area (Å²) in [4.78, 5) is 54.7. The Balaban J connectivity index is 2.06. The summed E-state index contributed by atoms with van der Waals surface area (Å²) in [6.07, 6.45) is 0.264. The highest BCUT2D eigenvalue weighted by Crippen LogP contribution is 2.45. The number of para-hydroxylation sites is 1. The molecular weight excluding hydrogens is 372 g/mol. The summed E-state index contributed by atoms with van der Waals surface area (Å²) < 4.78 is 5.42. The summed E-state index contributed by atoms with van der Waals surface area (Å²) in [5, 5.41) is 0. The Hall–Kier alpha value is -2.70. The van der Waals surface area contributed by atoms with E-state index in [2.05, 4.69) is 0 Å². The van der Waals surface area contributed by atoms with Crippen LogP contribution >= 0.6 is 0 Å². The Morgan fingerprint density at radius 2 is 1.83 bits per heavy atom. The lowest BCUT2D eigenvalue weighted by atomic mass is 9.91. The molecule has 29 heavy (non-hydrogen) atoms. The van der Waals surface area contributed by atoms with Crippen molar-refractivity contribution in [1.29, 1.82) is 0 Å². The molecule has 1 atom stereocenters. The maximum absolute atomic E-state index is 13.4. The SMILES string of the molecule is CC(C)CN1C(=O)c2ccccc2N2C(=O)CC[C@]12C(=O)OCC(=O)C(C)(C)C. The van der Waals surface area contributed by atoms with Crippen LogP contribution in [0.15, 0.2) is 24.3 Å². The first kappa shape index (κ1) is 21.0. The number of hydrogen-bond acceptors (Lipinski definition) is 5. The van der Waals surface area contributed by atoms with Crippen molar-refractivity contribution in [3.05, 3.63) is 29.8 Å². The lowest BCUT2D eigenvalue weighted by Crippen LogP contribution is -2.69. The lowest BCUT2D eigenvalue weighted by molar-refractivity contribution is -0.161. The van der Waals surface area contributed by atoms with Crippen LogP contribution in [0, 0.1) is 11.3 Å². The van der Waals surface area contributed by atoms with Crippen LogP contribution in [0.25, 0.3) is 0 Å². The van der Waals surface area contributed by atoms with Gasteiger partial charge in [0.2, 0.25) is 11.6 Å². The van der Waals surface area contributed by atoms with Gasteiger partial charge in [0, 0.05) is 24.8 Å². The summed E-state index contributed by atoms with van der Waals surface area (Å²) in [7, 11) is 0. The van der Waals surface area contributed by atoms with Gasteiger partial charge < -0.3 is 9.64 Å². The minimum Gasteiger partial charge on any atom is -0.455 e. The van der Waals surface area contributed by atoms with Gasteiger partial charge in [0.05, 0.1) is 11.3 Å². The molecule has 2 aliphatic rings. The number of benzene rings is 1. The molecule has 0 radical (unpaired) electrons. The highest BCUT2D eigenvalue weighted by Gasteiger charge is 2.62. The van der Waals surface area contributed by atoms with E-state index in [4.69, 9.17) is 4.74 Å². The summed E-state index contributed by atoms with van der Waals surface area (Å²) in [6, 6.07) is 6.80. The summed E-state index contributed by atoms with van der Waals surface area (Å²) in [6.45, 7) is 9.03. The van der Waals surface area contributed by atoms with Gasteiger partial charge in [-0.3, -0.25) is 19.3 Å². The van der Waals surface area contributed by atoms with E-state index >= 15 is 0 Å². The fraction of sp³-hybridized carbons (Fsp3) is 0.545. The average Bonchev–Trinajstić information content (AvgIpc) is 3.00. The third-order valence-corrected chi connectivity index (χ3v) is 5.42. The first-order valence-electron chi connectivity index (χ1n) is 9.94. The van der Waals surface area contributed by atoms with Crippen LogP contribution in [0.3, 0.4) is 0 Å². The fourth-order valence-corrected chi connectivity index (χ4v) is 3.83. The Kier molecular flexibility index (Phi) is 5.28. The van der Waals surface area contributed by atoms with Crippen molar-refractivity contribution in [3.8, 4) is 0 Å². The number of anilines is 1. The fourth-order valence-electron chi connectivity index (χ4n) is 3.83. The molecule has 7 nitrogen and oxygen atoms in total. The highest BCUT2D eigenvalue weighted by molar-refractivity contribution is 6.15. The molecule has 0 saturated carbocycles. The molecule has 156 valence electrons. The van der Waals surface area contributed by atoms with Crippen molar-refractivity contribution in [2.24, 2.45) is 11.3 Å². The van der Waals surface area contributed by atoms with E-state index in [1.807, 2.05) is 13.8 Å². The van der Waals surface area contributed by atoms with Gasteiger partial charge in [-0.05, 0) is 18.1 Å². The van der Waals surface area contributed by atoms with Gasteiger partial charge in [0.15, 0.2) is 12.4 Å². The van der Waals surface area contributed by atoms with Crippen LogP contribution in [0.4, 0.5) is 5.69 Å². The molecule has 0 N–H and O–H groups in total. The molecule has 0 bridgehead atoms. The zero-order valence-corrected chi connectivity index (χ0v) is 17.7. The third kappa shape index (κ3) is 3.43. The number of fused-ring (bicyclic) bond motifs is 3. The van der Waals surface area contributed by atoms with E-state index in [0.717, 1.165) is 0 Å². The molecule has 2 amide bonds. The monoisotopic (exact) mass is 400 g/mol. The standard InChI is InChI=1S/C22H28N2O5/c1-14(2)12-23-19(27)15-8-6-7-9-16(15)24-18(26)10-11-22(23,24)20(28)29-13-17(25)21(3,4)5/h6-9,14H,10-13H2,1-5H3/t22-/m0/s1. The van der Waals surface area contributed by atoms with Crippen LogP contribution < -0.4 is 4.90 Å². The number of hydrogen-bond donors (Lipinski definition) is 0. The number of Topliss-reactive ketones (excluding diaryl/α,β-unsaturated/α-hetero) is 1. The number of carbonyl (C=O) groups excluding carboxylic acids is 4. The van der Waals surface area contributed by atoms with Gasteiger partial charge in [-0.25, -0.2) is 4.79 Å². The lowest BCUT2D eigenvalue weighted by Gasteiger charge is -2.48. The molecule has 7 heteroatoms. The van der Waals surface area contributed by atoms with E-state index < -0.39 is 23.7 Å². The summed E-state index contributed by atoms with van der Waals surface area (Å²) >= 11 is 0. The molecule has 0 aliphatic carbocycles. The molecule has 1 fully saturated rings. The Morgan fingerprint density at radius 1 is 1.17 bits per heavy atom. The van der Waals surface area contributed by atoms with E-state index in [9.17, 15) is 19.2 Å². The molecule has 1 aromatic carbocycles. The largest absolute Gasteiger partial charge is 0.455 e. The van der Waals surface area contributed by atoms with Crippen molar-refractivity contribution < 1.29 is 23.9 Å². The topological polar surface area (TPSA) is 84.0 Å². The van der Waals surface area contributed by atoms with Crippen LogP contribution in [0.2, 0.25) is 0 Å². The molecule has 2 heterocycles. The van der Waals surface area contributed by atoms with Crippen LogP contribution in [0.5, 0.6) is 0 Å². The Labute approximate surface area is 171 Å². The van der Waals surface area contributed by atoms with Gasteiger partial charge in [-0.2, -0.15) is 0 Å². The molecule has 0 unspecified atom stereocenters. The highest BCUT2D eigenvalue weighted by atomic mass is 16.5. The minimum atomic E-state index is -1.55. The number of amides is 2. The second kappa shape index (κ2) is 7.28. The van der Waals surface area contributed by atoms with Crippen molar-refractivity contribution >= 4 is 29.3 Å². The van der Waals surface area contributed by atoms with Gasteiger partial charge in [0.25, 0.3) is 5.91 Å². The second-order valence-electron chi connectivity index (χ2n) is 9.12. The first-order chi connectivity index (χ1) is 13.5. The van der Waals surface area contributed by atoms with E-state index in [1.54, 1.807) is 45.0 Å². The first-order valence-corrected chi connectivity index (χ1v) is 9.94. The Morgan fingerprint density at radius 3 is 2.45 bits per heavy atom. The number of esters is 1. The van der Waals surface area contributed by atoms with Gasteiger partial charge in [0.1, 0.15) is 0 Å². The molecule has 3 rings (SSSR count). The summed E-state index contributed by atoms with van der Waals surface area (Å²) in [5.41, 5.74) is -1.41. The van der Waals surface area contributed by atoms with Crippen molar-refractivity contribution in [2.45, 2.75) is 53.1 Å². The summed E-state index contributed by atoms with van der Waals surface area (Å²) in [5.74, 6) is -1.43. The molecule has 1 saturated heterocycles. The van der Waals surface area contributed by atoms with E-state index in [1.165, 1.54) is 9.80 Å². The molecule has 0 aromatic heterocycles. The average molecular weight is 400 g/mol. The predicted molar refractivity (Wildman–Crippen MR) is 107 cm³/mol. The molecule has 0 spiro atoms. The van der Waals surface area contributed by atoms with Crippen LogP contribution in [-0.4, -0.2) is 47.3 Å². The number of ketones is 1. The number of nitrogens with zero attached hydrogens (tertiary/aromatic N) is 2. The van der Waals surface area contributed by atoms with E-state index in [0.29, 0.717) is 17.8 Å². The quantitative estimate of drug-likeness (QED) is 0.710. The van der Waals surface area contributed by atoms with Gasteiger partial charge in [-0.15, -0.1) is 0 Å². The van der Waals surface area contributed by atoms with Crippen molar-refractivity contribution in [1.82, 2.24) is 4.90 Å². The van der Waals surface area contributed by atoms with Gasteiger partial charge in [-0.1, -0.05) is 46.8 Å². The zero-order chi connectivity index (χ0) is 21.6. The smallest absolute Gasteiger partial charge is 0.354 e. The third-order valence-electron chi connectivity index (χ3n) is 5.42. The predicted octanol–water partition coefficient (Wildman–Crippen LogP) is 2.78. The number of rotatable bonds is 5. The van der Waals surface area contributed by atoms with Crippen LogP contribution in [0.1, 0.15) is 57.8 Å². The number of carbonyl (C=O) groups is 4. The zero-order valence-electron chi connectivity index (χ0n) is 17.7. The molecule has 1 aromatic rings. The molecule has 2 aliphatic heterocycles. The number of ether oxygens (including phenoxy) is 1. The van der Waals surface area contributed by atoms with E-state index in [-0.39, 0.29) is 36.4 Å². The van der Waals surface area contributed by atoms with Crippen molar-refractivity contribution in [2.75, 3.05) is 18.1 Å². The normalized spacial score (nSPS) is 21.3. The minimum absolute atomic E-state index is 0.0719. The molecular formula is C22H28N2O5. The maximum atomic E-state index is 13.4. The van der Waals surface area contributed by atoms with Crippen molar-refractivity contribution in [3.63, 3.8) is 0 Å².